The number of benzene rings is 3. The highest BCUT2D eigenvalue weighted by Gasteiger charge is 2.18. The molecule has 1 aromatic heterocycles. The summed E-state index contributed by atoms with van der Waals surface area (Å²) < 4.78 is 11.9. The molecule has 0 spiro atoms. The van der Waals surface area contributed by atoms with Crippen molar-refractivity contribution in [3.05, 3.63) is 66.7 Å². The van der Waals surface area contributed by atoms with E-state index in [1.54, 1.807) is 18.2 Å². The van der Waals surface area contributed by atoms with Gasteiger partial charge in [0, 0.05) is 5.39 Å². The lowest BCUT2D eigenvalue weighted by Crippen LogP contribution is -2.23. The zero-order valence-electron chi connectivity index (χ0n) is 14.5. The van der Waals surface area contributed by atoms with E-state index in [1.807, 2.05) is 48.5 Å². The number of imidazole rings is 1. The number of rotatable bonds is 2. The van der Waals surface area contributed by atoms with Gasteiger partial charge in [0.05, 0.1) is 18.1 Å². The number of hydrogen-bond donors (Lipinski definition) is 2. The predicted molar refractivity (Wildman–Crippen MR) is 103 cm³/mol. The molecule has 0 aliphatic heterocycles. The Labute approximate surface area is 154 Å². The van der Waals surface area contributed by atoms with E-state index in [0.717, 1.165) is 10.8 Å². The average Bonchev–Trinajstić information content (AvgIpc) is 3.06. The molecular formula is C20H16N4O3. The van der Waals surface area contributed by atoms with E-state index < -0.39 is 6.09 Å². The molecule has 4 aromatic rings. The highest BCUT2D eigenvalue weighted by molar-refractivity contribution is 5.97. The van der Waals surface area contributed by atoms with E-state index >= 15 is 0 Å². The second-order valence-electron chi connectivity index (χ2n) is 5.76. The van der Waals surface area contributed by atoms with Gasteiger partial charge < -0.3 is 9.47 Å². The third kappa shape index (κ3) is 3.06. The van der Waals surface area contributed by atoms with Crippen LogP contribution in [0.2, 0.25) is 0 Å². The van der Waals surface area contributed by atoms with Crippen LogP contribution in [-0.2, 0) is 4.74 Å². The van der Waals surface area contributed by atoms with Crippen molar-refractivity contribution in [2.45, 2.75) is 0 Å². The third-order valence-corrected chi connectivity index (χ3v) is 4.12. The van der Waals surface area contributed by atoms with Crippen LogP contribution in [0.5, 0.6) is 5.75 Å². The Morgan fingerprint density at radius 1 is 1.04 bits per heavy atom. The fourth-order valence-electron chi connectivity index (χ4n) is 2.89. The Bertz CT molecular complexity index is 1160. The predicted octanol–water partition coefficient (Wildman–Crippen LogP) is 4.23. The van der Waals surface area contributed by atoms with Gasteiger partial charge in [0.15, 0.2) is 0 Å². The molecule has 0 fully saturated rings. The number of methoxy groups -OCH3 is 1. The molecule has 27 heavy (non-hydrogen) atoms. The molecule has 0 aliphatic rings. The van der Waals surface area contributed by atoms with E-state index in [0.29, 0.717) is 16.8 Å². The Balaban J connectivity index is 1.77. The van der Waals surface area contributed by atoms with Gasteiger partial charge in [-0.15, -0.1) is 0 Å². The van der Waals surface area contributed by atoms with Gasteiger partial charge in [0.25, 0.3) is 0 Å². The first-order chi connectivity index (χ1) is 13.2. The van der Waals surface area contributed by atoms with Gasteiger partial charge in [-0.2, -0.15) is 0 Å². The molecule has 0 bridgehead atoms. The molecule has 1 heterocycles. The average molecular weight is 360 g/mol. The minimum Gasteiger partial charge on any atom is -0.453 e. The molecular weight excluding hydrogens is 344 g/mol. The number of anilines is 1. The monoisotopic (exact) mass is 360 g/mol. The zero-order valence-corrected chi connectivity index (χ0v) is 14.5. The minimum atomic E-state index is -0.676. The second kappa shape index (κ2) is 6.80. The lowest BCUT2D eigenvalue weighted by atomic mass is 10.1. The first kappa shape index (κ1) is 16.6. The van der Waals surface area contributed by atoms with Crippen LogP contribution in [0.15, 0.2) is 66.7 Å². The van der Waals surface area contributed by atoms with Gasteiger partial charge in [-0.3, -0.25) is 10.7 Å². The number of para-hydroxylation sites is 2. The van der Waals surface area contributed by atoms with Gasteiger partial charge in [0.2, 0.25) is 5.95 Å². The summed E-state index contributed by atoms with van der Waals surface area (Å²) in [7, 11) is 1.26. The molecule has 0 unspecified atom stereocenters. The van der Waals surface area contributed by atoms with Crippen LogP contribution >= 0.6 is 0 Å². The molecule has 7 nitrogen and oxygen atoms in total. The van der Waals surface area contributed by atoms with Crippen molar-refractivity contribution < 1.29 is 14.3 Å². The molecule has 0 saturated heterocycles. The number of amides is 1. The molecule has 4 rings (SSSR count). The zero-order chi connectivity index (χ0) is 18.8. The number of fused-ring (bicyclic) bond motifs is 2. The number of hydrogen-bond acceptors (Lipinski definition) is 5. The molecule has 0 aliphatic carbocycles. The molecule has 134 valence electrons. The Morgan fingerprint density at radius 3 is 2.63 bits per heavy atom. The lowest BCUT2D eigenvalue weighted by molar-refractivity contribution is 0.186. The highest BCUT2D eigenvalue weighted by Crippen LogP contribution is 2.27. The van der Waals surface area contributed by atoms with Crippen molar-refractivity contribution in [3.63, 3.8) is 0 Å². The number of carbonyl (C=O) groups is 1. The van der Waals surface area contributed by atoms with Crippen LogP contribution in [0, 0.1) is 5.41 Å². The number of nitrogens with zero attached hydrogens (tertiary/aromatic N) is 2. The van der Waals surface area contributed by atoms with E-state index in [4.69, 9.17) is 10.1 Å². The second-order valence-corrected chi connectivity index (χ2v) is 5.76. The van der Waals surface area contributed by atoms with Crippen molar-refractivity contribution in [2.24, 2.45) is 0 Å². The summed E-state index contributed by atoms with van der Waals surface area (Å²) in [5, 5.41) is 12.9. The van der Waals surface area contributed by atoms with Crippen LogP contribution in [0.3, 0.4) is 0 Å². The largest absolute Gasteiger partial charge is 0.453 e. The molecule has 3 aromatic carbocycles. The molecule has 0 saturated carbocycles. The summed E-state index contributed by atoms with van der Waals surface area (Å²) >= 11 is 0. The summed E-state index contributed by atoms with van der Waals surface area (Å²) in [5.74, 6) is 0.688. The van der Waals surface area contributed by atoms with Crippen molar-refractivity contribution in [3.8, 4) is 5.75 Å². The van der Waals surface area contributed by atoms with Gasteiger partial charge >= 0.3 is 12.1 Å². The third-order valence-electron chi connectivity index (χ3n) is 4.12. The first-order valence-corrected chi connectivity index (χ1v) is 8.24. The first-order valence-electron chi connectivity index (χ1n) is 8.24. The molecule has 0 radical (unpaired) electrons. The fourth-order valence-corrected chi connectivity index (χ4v) is 2.89. The molecule has 2 N–H and O–H groups in total. The van der Waals surface area contributed by atoms with Crippen molar-refractivity contribution >= 4 is 39.9 Å². The lowest BCUT2D eigenvalue weighted by Gasteiger charge is -2.13. The van der Waals surface area contributed by atoms with E-state index in [2.05, 4.69) is 15.0 Å². The quantitative estimate of drug-likeness (QED) is 0.413. The van der Waals surface area contributed by atoms with Gasteiger partial charge in [0.1, 0.15) is 5.75 Å². The number of nitrogens with one attached hydrogen (secondary N) is 2. The summed E-state index contributed by atoms with van der Waals surface area (Å²) in [6.07, 6.45) is -0.676. The Hall–Kier alpha value is -3.87. The molecule has 1 amide bonds. The van der Waals surface area contributed by atoms with Crippen LogP contribution < -0.4 is 10.1 Å². The maximum Gasteiger partial charge on any atom is 0.413 e. The molecule has 0 atom stereocenters. The van der Waals surface area contributed by atoms with Crippen LogP contribution in [0.25, 0.3) is 21.8 Å². The maximum absolute atomic E-state index is 11.7. The van der Waals surface area contributed by atoms with Gasteiger partial charge in [-0.05, 0) is 23.6 Å². The number of carbonyl (C=O) groups excluding carboxylic acids is 1. The number of ether oxygens (including phenoxy) is 2. The number of aromatic nitrogens is 2. The van der Waals surface area contributed by atoms with Crippen molar-refractivity contribution in [2.75, 3.05) is 12.4 Å². The van der Waals surface area contributed by atoms with Crippen LogP contribution in [0.4, 0.5) is 10.7 Å². The van der Waals surface area contributed by atoms with Gasteiger partial charge in [-0.25, -0.2) is 14.3 Å². The molecule has 7 heteroatoms. The van der Waals surface area contributed by atoms with Crippen molar-refractivity contribution in [1.82, 2.24) is 9.55 Å². The highest BCUT2D eigenvalue weighted by atomic mass is 16.5. The normalized spacial score (nSPS) is 10.7. The maximum atomic E-state index is 11.7. The summed E-state index contributed by atoms with van der Waals surface area (Å²) in [4.78, 5) is 16.0. The van der Waals surface area contributed by atoms with Crippen molar-refractivity contribution in [1.29, 1.82) is 5.41 Å². The van der Waals surface area contributed by atoms with Crippen LogP contribution in [-0.4, -0.2) is 28.8 Å². The smallest absolute Gasteiger partial charge is 0.413 e. The van der Waals surface area contributed by atoms with E-state index in [9.17, 15) is 4.79 Å². The van der Waals surface area contributed by atoms with Gasteiger partial charge in [-0.1, -0.05) is 48.5 Å². The topological polar surface area (TPSA) is 89.2 Å². The Morgan fingerprint density at radius 2 is 1.78 bits per heavy atom. The minimum absolute atomic E-state index is 0.147. The summed E-state index contributed by atoms with van der Waals surface area (Å²) in [6.45, 7) is 0. The standard InChI is InChI=1S/C20H16N4O3/c1-26-20(25)23-19-22-15-10-4-5-11-16(15)24(19)18(21)27-17-12-6-8-13-7-2-3-9-14(13)17/h2-12,21H,1H3,(H,22,23,25). The summed E-state index contributed by atoms with van der Waals surface area (Å²) in [6, 6.07) is 20.5. The fraction of sp³-hybridized carbons (Fsp3) is 0.0500. The van der Waals surface area contributed by atoms with Crippen LogP contribution in [0.1, 0.15) is 0 Å². The van der Waals surface area contributed by atoms with E-state index in [-0.39, 0.29) is 12.0 Å². The Kier molecular flexibility index (Phi) is 4.18. The van der Waals surface area contributed by atoms with E-state index in [1.165, 1.54) is 11.7 Å². The SMILES string of the molecule is COC(=O)Nc1nc2ccccc2n1C(=N)Oc1cccc2ccccc12. The summed E-state index contributed by atoms with van der Waals surface area (Å²) in [5.41, 5.74) is 1.25.